The van der Waals surface area contributed by atoms with Crippen LogP contribution in [0.4, 0.5) is 0 Å². The van der Waals surface area contributed by atoms with Gasteiger partial charge in [0.15, 0.2) is 5.16 Å². The number of H-pyrrole nitrogens is 1. The first-order valence-electron chi connectivity index (χ1n) is 5.41. The number of hydrogen-bond acceptors (Lipinski definition) is 4. The Morgan fingerprint density at radius 1 is 1.39 bits per heavy atom. The molecule has 0 spiro atoms. The minimum absolute atomic E-state index is 0.147. The molecule has 4 nitrogen and oxygen atoms in total. The Bertz CT molecular complexity index is 600. The van der Waals surface area contributed by atoms with Gasteiger partial charge < -0.3 is 10.7 Å². The van der Waals surface area contributed by atoms with Gasteiger partial charge in [0, 0.05) is 21.6 Å². The molecular formula is C12H12BrN3OS. The van der Waals surface area contributed by atoms with E-state index in [2.05, 4.69) is 25.9 Å². The van der Waals surface area contributed by atoms with Crippen molar-refractivity contribution in [1.82, 2.24) is 9.97 Å². The van der Waals surface area contributed by atoms with E-state index in [0.29, 0.717) is 11.7 Å². The van der Waals surface area contributed by atoms with Gasteiger partial charge in [-0.15, -0.1) is 0 Å². The highest BCUT2D eigenvalue weighted by atomic mass is 79.9. The zero-order valence-electron chi connectivity index (χ0n) is 9.52. The second-order valence-electron chi connectivity index (χ2n) is 3.63. The summed E-state index contributed by atoms with van der Waals surface area (Å²) >= 11 is 4.93. The van der Waals surface area contributed by atoms with E-state index < -0.39 is 0 Å². The molecule has 0 atom stereocenters. The molecule has 0 bridgehead atoms. The number of nitrogens with one attached hydrogen (secondary N) is 1. The number of aromatic amines is 1. The molecule has 0 aliphatic heterocycles. The molecule has 1 heterocycles. The highest BCUT2D eigenvalue weighted by Gasteiger charge is 2.04. The van der Waals surface area contributed by atoms with Crippen molar-refractivity contribution in [2.45, 2.75) is 16.5 Å². The highest BCUT2D eigenvalue weighted by molar-refractivity contribution is 9.10. The molecule has 0 aliphatic carbocycles. The average Bonchev–Trinajstić information content (AvgIpc) is 2.33. The van der Waals surface area contributed by atoms with Crippen LogP contribution in [0.5, 0.6) is 0 Å². The fraction of sp³-hybridized carbons (Fsp3) is 0.167. The molecule has 0 amide bonds. The molecule has 18 heavy (non-hydrogen) atoms. The molecule has 0 radical (unpaired) electrons. The zero-order valence-corrected chi connectivity index (χ0v) is 11.9. The topological polar surface area (TPSA) is 71.8 Å². The van der Waals surface area contributed by atoms with Crippen molar-refractivity contribution in [3.8, 4) is 0 Å². The predicted molar refractivity (Wildman–Crippen MR) is 75.9 cm³/mol. The Morgan fingerprint density at radius 2 is 2.22 bits per heavy atom. The summed E-state index contributed by atoms with van der Waals surface area (Å²) in [6.07, 6.45) is 2.34. The van der Waals surface area contributed by atoms with Crippen LogP contribution in [0.3, 0.4) is 0 Å². The van der Waals surface area contributed by atoms with E-state index in [1.165, 1.54) is 29.6 Å². The van der Waals surface area contributed by atoms with Crippen LogP contribution in [0.1, 0.15) is 5.56 Å². The summed E-state index contributed by atoms with van der Waals surface area (Å²) in [5.41, 5.74) is 6.56. The Hall–Kier alpha value is -1.11. The summed E-state index contributed by atoms with van der Waals surface area (Å²) in [5, 5.41) is 0.584. The van der Waals surface area contributed by atoms with Gasteiger partial charge in [-0.05, 0) is 30.7 Å². The first-order chi connectivity index (χ1) is 8.69. The Balaban J connectivity index is 2.20. The minimum atomic E-state index is -0.147. The van der Waals surface area contributed by atoms with Gasteiger partial charge in [-0.2, -0.15) is 0 Å². The maximum Gasteiger partial charge on any atom is 0.251 e. The molecule has 1 aromatic heterocycles. The minimum Gasteiger partial charge on any atom is -0.330 e. The van der Waals surface area contributed by atoms with Crippen LogP contribution in [-0.2, 0) is 6.42 Å². The fourth-order valence-corrected chi connectivity index (χ4v) is 3.00. The van der Waals surface area contributed by atoms with E-state index in [4.69, 9.17) is 5.73 Å². The van der Waals surface area contributed by atoms with Crippen molar-refractivity contribution in [2.75, 3.05) is 6.54 Å². The van der Waals surface area contributed by atoms with E-state index in [9.17, 15) is 4.79 Å². The van der Waals surface area contributed by atoms with Crippen molar-refractivity contribution < 1.29 is 0 Å². The first-order valence-corrected chi connectivity index (χ1v) is 7.01. The van der Waals surface area contributed by atoms with Gasteiger partial charge in [-0.25, -0.2) is 4.98 Å². The highest BCUT2D eigenvalue weighted by Crippen LogP contribution is 2.28. The molecule has 0 aliphatic rings. The van der Waals surface area contributed by atoms with Crippen molar-refractivity contribution in [3.63, 3.8) is 0 Å². The summed E-state index contributed by atoms with van der Waals surface area (Å²) in [6, 6.07) is 7.42. The molecule has 1 aromatic carbocycles. The number of aromatic nitrogens is 2. The third kappa shape index (κ3) is 3.44. The second kappa shape index (κ2) is 6.17. The number of nitrogens with zero attached hydrogens (tertiary/aromatic N) is 1. The number of hydrogen-bond donors (Lipinski definition) is 2. The SMILES string of the molecule is NCCc1ccc(Sc2nccc(=O)[nH]2)cc1Br. The lowest BCUT2D eigenvalue weighted by molar-refractivity contribution is 0.935. The lowest BCUT2D eigenvalue weighted by Crippen LogP contribution is -2.05. The number of nitrogens with two attached hydrogens (primary N) is 1. The lowest BCUT2D eigenvalue weighted by Gasteiger charge is -2.05. The van der Waals surface area contributed by atoms with Crippen molar-refractivity contribution in [2.24, 2.45) is 5.73 Å². The standard InChI is InChI=1S/C12H12BrN3OS/c13-10-7-9(2-1-8(10)3-5-14)18-12-15-6-4-11(17)16-12/h1-2,4,6-7H,3,5,14H2,(H,15,16,17). The van der Waals surface area contributed by atoms with Gasteiger partial charge in [-0.1, -0.05) is 33.8 Å². The lowest BCUT2D eigenvalue weighted by atomic mass is 10.1. The van der Waals surface area contributed by atoms with Gasteiger partial charge >= 0.3 is 0 Å². The van der Waals surface area contributed by atoms with E-state index in [-0.39, 0.29) is 5.56 Å². The molecular weight excluding hydrogens is 314 g/mol. The summed E-state index contributed by atoms with van der Waals surface area (Å²) in [4.78, 5) is 18.9. The van der Waals surface area contributed by atoms with Crippen LogP contribution < -0.4 is 11.3 Å². The smallest absolute Gasteiger partial charge is 0.251 e. The van der Waals surface area contributed by atoms with Crippen molar-refractivity contribution >= 4 is 27.7 Å². The molecule has 6 heteroatoms. The fourth-order valence-electron chi connectivity index (χ4n) is 1.47. The molecule has 0 saturated heterocycles. The summed E-state index contributed by atoms with van der Waals surface area (Å²) < 4.78 is 1.02. The summed E-state index contributed by atoms with van der Waals surface area (Å²) in [6.45, 7) is 0.624. The largest absolute Gasteiger partial charge is 0.330 e. The molecule has 2 aromatic rings. The van der Waals surface area contributed by atoms with Crippen molar-refractivity contribution in [3.05, 3.63) is 50.9 Å². The van der Waals surface area contributed by atoms with E-state index in [0.717, 1.165) is 15.8 Å². The van der Waals surface area contributed by atoms with Gasteiger partial charge in [0.2, 0.25) is 0 Å². The maximum atomic E-state index is 11.2. The Labute approximate surface area is 117 Å². The molecule has 0 unspecified atom stereocenters. The quantitative estimate of drug-likeness (QED) is 0.845. The number of rotatable bonds is 4. The summed E-state index contributed by atoms with van der Waals surface area (Å²) in [7, 11) is 0. The van der Waals surface area contributed by atoms with Crippen LogP contribution >= 0.6 is 27.7 Å². The molecule has 0 fully saturated rings. The number of halogens is 1. The molecule has 94 valence electrons. The van der Waals surface area contributed by atoms with Gasteiger partial charge in [0.1, 0.15) is 0 Å². The summed E-state index contributed by atoms with van der Waals surface area (Å²) in [5.74, 6) is 0. The Kier molecular flexibility index (Phi) is 4.57. The van der Waals surface area contributed by atoms with Crippen molar-refractivity contribution in [1.29, 1.82) is 0 Å². The number of benzene rings is 1. The molecule has 3 N–H and O–H groups in total. The van der Waals surface area contributed by atoms with Gasteiger partial charge in [0.05, 0.1) is 0 Å². The van der Waals surface area contributed by atoms with Crippen LogP contribution in [0.15, 0.2) is 49.8 Å². The third-order valence-electron chi connectivity index (χ3n) is 2.30. The second-order valence-corrected chi connectivity index (χ2v) is 5.55. The van der Waals surface area contributed by atoms with Gasteiger partial charge in [-0.3, -0.25) is 4.79 Å². The maximum absolute atomic E-state index is 11.2. The monoisotopic (exact) mass is 325 g/mol. The van der Waals surface area contributed by atoms with E-state index in [1.807, 2.05) is 18.2 Å². The Morgan fingerprint density at radius 3 is 2.89 bits per heavy atom. The zero-order chi connectivity index (χ0) is 13.0. The van der Waals surface area contributed by atoms with Crippen LogP contribution in [0, 0.1) is 0 Å². The third-order valence-corrected chi connectivity index (χ3v) is 3.93. The van der Waals surface area contributed by atoms with Crippen LogP contribution in [-0.4, -0.2) is 16.5 Å². The molecule has 0 saturated carbocycles. The normalized spacial score (nSPS) is 10.6. The van der Waals surface area contributed by atoms with Crippen LogP contribution in [0.2, 0.25) is 0 Å². The molecule has 2 rings (SSSR count). The van der Waals surface area contributed by atoms with E-state index in [1.54, 1.807) is 0 Å². The van der Waals surface area contributed by atoms with Crippen LogP contribution in [0.25, 0.3) is 0 Å². The average molecular weight is 326 g/mol. The first kappa shape index (κ1) is 13.3. The van der Waals surface area contributed by atoms with E-state index >= 15 is 0 Å². The predicted octanol–water partition coefficient (Wildman–Crippen LogP) is 2.18. The van der Waals surface area contributed by atoms with Gasteiger partial charge in [0.25, 0.3) is 5.56 Å².